The molecule has 0 saturated heterocycles. The topological polar surface area (TPSA) is 57.6 Å². The number of nitrogens with zero attached hydrogens (tertiary/aromatic N) is 1. The molecule has 3 rings (SSSR count). The van der Waals surface area contributed by atoms with Gasteiger partial charge in [-0.3, -0.25) is 4.31 Å². The van der Waals surface area contributed by atoms with Gasteiger partial charge in [-0.25, -0.2) is 8.42 Å². The van der Waals surface area contributed by atoms with Gasteiger partial charge in [0.1, 0.15) is 0 Å². The molecule has 23 heavy (non-hydrogen) atoms. The van der Waals surface area contributed by atoms with E-state index in [0.29, 0.717) is 22.7 Å². The predicted octanol–water partition coefficient (Wildman–Crippen LogP) is 3.42. The number of fused-ring (bicyclic) bond motifs is 1. The third kappa shape index (κ3) is 3.37. The number of aryl methyl sites for hydroxylation is 1. The highest BCUT2D eigenvalue weighted by Crippen LogP contribution is 2.37. The Morgan fingerprint density at radius 3 is 2.61 bits per heavy atom. The molecule has 122 valence electrons. The summed E-state index contributed by atoms with van der Waals surface area (Å²) in [5.74, 6) is -0.0640. The van der Waals surface area contributed by atoms with Gasteiger partial charge < -0.3 is 5.11 Å². The Balaban J connectivity index is 1.95. The summed E-state index contributed by atoms with van der Waals surface area (Å²) in [4.78, 5) is 0. The van der Waals surface area contributed by atoms with E-state index in [-0.39, 0.29) is 12.3 Å². The summed E-state index contributed by atoms with van der Waals surface area (Å²) in [6.45, 7) is 2.23. The second-order valence-electron chi connectivity index (χ2n) is 5.82. The minimum Gasteiger partial charge on any atom is -0.388 e. The second-order valence-corrected chi connectivity index (χ2v) is 8.15. The fourth-order valence-corrected chi connectivity index (χ4v) is 4.60. The van der Waals surface area contributed by atoms with E-state index in [1.807, 2.05) is 31.2 Å². The molecule has 0 saturated carbocycles. The molecule has 1 heterocycles. The smallest absolute Gasteiger partial charge is 0.239 e. The van der Waals surface area contributed by atoms with Gasteiger partial charge in [0, 0.05) is 17.1 Å². The summed E-state index contributed by atoms with van der Waals surface area (Å²) in [6, 6.07) is 12.4. The number of halogens is 1. The van der Waals surface area contributed by atoms with E-state index in [1.165, 1.54) is 4.31 Å². The quantitative estimate of drug-likeness (QED) is 0.921. The minimum atomic E-state index is -3.52. The number of sulfonamides is 1. The van der Waals surface area contributed by atoms with Crippen molar-refractivity contribution in [3.63, 3.8) is 0 Å². The van der Waals surface area contributed by atoms with Gasteiger partial charge in [0.2, 0.25) is 10.0 Å². The Morgan fingerprint density at radius 2 is 1.91 bits per heavy atom. The molecule has 0 aliphatic carbocycles. The highest BCUT2D eigenvalue weighted by molar-refractivity contribution is 7.92. The van der Waals surface area contributed by atoms with Crippen LogP contribution in [0.3, 0.4) is 0 Å². The van der Waals surface area contributed by atoms with E-state index in [2.05, 4.69) is 0 Å². The van der Waals surface area contributed by atoms with Crippen molar-refractivity contribution in [2.75, 3.05) is 10.8 Å². The minimum absolute atomic E-state index is 0.0640. The van der Waals surface area contributed by atoms with Crippen LogP contribution >= 0.6 is 11.6 Å². The number of aliphatic hydroxyl groups excluding tert-OH is 1. The fraction of sp³-hybridized carbons (Fsp3) is 0.294. The van der Waals surface area contributed by atoms with Crippen LogP contribution in [0.2, 0.25) is 5.02 Å². The van der Waals surface area contributed by atoms with Gasteiger partial charge in [-0.15, -0.1) is 0 Å². The van der Waals surface area contributed by atoms with Crippen LogP contribution in [0.25, 0.3) is 0 Å². The lowest BCUT2D eigenvalue weighted by molar-refractivity contribution is 0.166. The summed E-state index contributed by atoms with van der Waals surface area (Å²) in [7, 11) is -3.52. The van der Waals surface area contributed by atoms with E-state index in [1.54, 1.807) is 18.2 Å². The van der Waals surface area contributed by atoms with Gasteiger partial charge in [-0.05, 0) is 37.1 Å². The molecule has 1 unspecified atom stereocenters. The first-order chi connectivity index (χ1) is 10.9. The van der Waals surface area contributed by atoms with Gasteiger partial charge >= 0.3 is 0 Å². The van der Waals surface area contributed by atoms with Crippen LogP contribution in [0.1, 0.15) is 29.2 Å². The average molecular weight is 352 g/mol. The lowest BCUT2D eigenvalue weighted by Crippen LogP contribution is -2.37. The maximum atomic E-state index is 12.8. The standard InChI is InChI=1S/C17H18ClNO3S/c1-12-2-4-13(5-3-12)11-23(21,22)19-9-8-17(20)15-10-14(18)6-7-16(15)19/h2-7,10,17,20H,8-9,11H2,1H3. The molecule has 0 radical (unpaired) electrons. The molecule has 0 bridgehead atoms. The number of hydrogen-bond donors (Lipinski definition) is 1. The van der Waals surface area contributed by atoms with Crippen LogP contribution in [0, 0.1) is 6.92 Å². The molecule has 2 aromatic carbocycles. The summed E-state index contributed by atoms with van der Waals surface area (Å²) in [5, 5.41) is 10.6. The summed E-state index contributed by atoms with van der Waals surface area (Å²) >= 11 is 5.97. The summed E-state index contributed by atoms with van der Waals surface area (Å²) < 4.78 is 27.0. The molecule has 1 N–H and O–H groups in total. The number of benzene rings is 2. The molecule has 4 nitrogen and oxygen atoms in total. The molecule has 0 spiro atoms. The first-order valence-electron chi connectivity index (χ1n) is 7.40. The van der Waals surface area contributed by atoms with Crippen molar-refractivity contribution in [3.8, 4) is 0 Å². The zero-order valence-electron chi connectivity index (χ0n) is 12.7. The number of anilines is 1. The van der Waals surface area contributed by atoms with Crippen molar-refractivity contribution in [2.45, 2.75) is 25.2 Å². The van der Waals surface area contributed by atoms with Gasteiger partial charge in [-0.2, -0.15) is 0 Å². The van der Waals surface area contributed by atoms with Crippen molar-refractivity contribution in [1.82, 2.24) is 0 Å². The van der Waals surface area contributed by atoms with Crippen molar-refractivity contribution >= 4 is 27.3 Å². The normalized spacial score (nSPS) is 17.9. The molecule has 0 aromatic heterocycles. The second kappa shape index (κ2) is 6.15. The van der Waals surface area contributed by atoms with Crippen molar-refractivity contribution in [2.24, 2.45) is 0 Å². The molecular formula is C17H18ClNO3S. The molecule has 1 aliphatic rings. The monoisotopic (exact) mass is 351 g/mol. The van der Waals surface area contributed by atoms with Crippen LogP contribution in [-0.2, 0) is 15.8 Å². The Morgan fingerprint density at radius 1 is 1.22 bits per heavy atom. The van der Waals surface area contributed by atoms with Gasteiger partial charge in [-0.1, -0.05) is 41.4 Å². The molecule has 2 aromatic rings. The van der Waals surface area contributed by atoms with Crippen LogP contribution in [0.4, 0.5) is 5.69 Å². The largest absolute Gasteiger partial charge is 0.388 e. The zero-order chi connectivity index (χ0) is 16.6. The molecule has 1 aliphatic heterocycles. The van der Waals surface area contributed by atoms with Crippen LogP contribution < -0.4 is 4.31 Å². The SMILES string of the molecule is Cc1ccc(CS(=O)(=O)N2CCC(O)c3cc(Cl)ccc32)cc1. The Bertz CT molecular complexity index is 818. The fourth-order valence-electron chi connectivity index (χ4n) is 2.80. The van der Waals surface area contributed by atoms with E-state index in [0.717, 1.165) is 11.1 Å². The van der Waals surface area contributed by atoms with Gasteiger partial charge in [0.05, 0.1) is 17.5 Å². The maximum Gasteiger partial charge on any atom is 0.239 e. The van der Waals surface area contributed by atoms with E-state index >= 15 is 0 Å². The van der Waals surface area contributed by atoms with Crippen LogP contribution in [0.15, 0.2) is 42.5 Å². The predicted molar refractivity (Wildman–Crippen MR) is 92.2 cm³/mol. The van der Waals surface area contributed by atoms with Crippen molar-refractivity contribution in [1.29, 1.82) is 0 Å². The van der Waals surface area contributed by atoms with E-state index in [4.69, 9.17) is 11.6 Å². The van der Waals surface area contributed by atoms with Crippen molar-refractivity contribution < 1.29 is 13.5 Å². The molecular weight excluding hydrogens is 334 g/mol. The molecule has 0 fully saturated rings. The van der Waals surface area contributed by atoms with E-state index in [9.17, 15) is 13.5 Å². The van der Waals surface area contributed by atoms with E-state index < -0.39 is 16.1 Å². The molecule has 0 amide bonds. The Kier molecular flexibility index (Phi) is 4.36. The number of rotatable bonds is 3. The Labute approximate surface area is 141 Å². The third-order valence-corrected chi connectivity index (χ3v) is 6.01. The lowest BCUT2D eigenvalue weighted by Gasteiger charge is -2.33. The first kappa shape index (κ1) is 16.3. The van der Waals surface area contributed by atoms with Crippen molar-refractivity contribution in [3.05, 3.63) is 64.2 Å². The van der Waals surface area contributed by atoms with Crippen LogP contribution in [0.5, 0.6) is 0 Å². The van der Waals surface area contributed by atoms with Gasteiger partial charge in [0.15, 0.2) is 0 Å². The number of aliphatic hydroxyl groups is 1. The lowest BCUT2D eigenvalue weighted by atomic mass is 10.0. The van der Waals surface area contributed by atoms with Gasteiger partial charge in [0.25, 0.3) is 0 Å². The zero-order valence-corrected chi connectivity index (χ0v) is 14.3. The third-order valence-electron chi connectivity index (χ3n) is 4.03. The summed E-state index contributed by atoms with van der Waals surface area (Å²) in [5.41, 5.74) is 2.92. The summed E-state index contributed by atoms with van der Waals surface area (Å²) in [6.07, 6.45) is -0.324. The number of hydrogen-bond acceptors (Lipinski definition) is 3. The maximum absolute atomic E-state index is 12.8. The van der Waals surface area contributed by atoms with Crippen LogP contribution in [-0.4, -0.2) is 20.1 Å². The highest BCUT2D eigenvalue weighted by atomic mass is 35.5. The molecule has 6 heteroatoms. The average Bonchev–Trinajstić information content (AvgIpc) is 2.50. The highest BCUT2D eigenvalue weighted by Gasteiger charge is 2.31. The molecule has 1 atom stereocenters. The first-order valence-corrected chi connectivity index (χ1v) is 9.39. The Hall–Kier alpha value is -1.56.